The zero-order chi connectivity index (χ0) is 56.8. The molecule has 446 valence electrons. The highest BCUT2D eigenvalue weighted by molar-refractivity contribution is 5.22. The highest BCUT2D eigenvalue weighted by Crippen LogP contribution is 2.76. The first-order valence-corrected chi connectivity index (χ1v) is 27.9. The summed E-state index contributed by atoms with van der Waals surface area (Å²) in [5, 5.41) is 165. The lowest BCUT2D eigenvalue weighted by molar-refractivity contribution is -0.381. The van der Waals surface area contributed by atoms with Crippen molar-refractivity contribution >= 4 is 0 Å². The molecule has 4 heterocycles. The van der Waals surface area contributed by atoms with Gasteiger partial charge in [0, 0.05) is 11.8 Å². The van der Waals surface area contributed by atoms with E-state index in [9.17, 15) is 76.6 Å². The second-order valence-electron chi connectivity index (χ2n) is 25.8. The van der Waals surface area contributed by atoms with Gasteiger partial charge in [-0.1, -0.05) is 46.3 Å². The molecule has 0 aromatic heterocycles. The first kappa shape index (κ1) is 61.9. The molecule has 4 saturated carbocycles. The number of ether oxygens (including phenoxy) is 8. The summed E-state index contributed by atoms with van der Waals surface area (Å²) in [6.07, 6.45) is -27.7. The molecule has 31 atom stereocenters. The maximum Gasteiger partial charge on any atom is 0.187 e. The van der Waals surface area contributed by atoms with Crippen LogP contribution in [0.4, 0.5) is 0 Å². The minimum Gasteiger partial charge on any atom is -0.394 e. The van der Waals surface area contributed by atoms with Gasteiger partial charge in [-0.05, 0) is 113 Å². The van der Waals surface area contributed by atoms with Crippen molar-refractivity contribution in [1.82, 2.24) is 0 Å². The molecule has 8 aliphatic rings. The van der Waals surface area contributed by atoms with E-state index in [0.29, 0.717) is 44.9 Å². The van der Waals surface area contributed by atoms with E-state index in [2.05, 4.69) is 26.8 Å². The van der Waals surface area contributed by atoms with Crippen LogP contribution in [0.2, 0.25) is 0 Å². The second kappa shape index (κ2) is 23.1. The van der Waals surface area contributed by atoms with E-state index in [0.717, 1.165) is 5.57 Å². The molecule has 0 spiro atoms. The summed E-state index contributed by atoms with van der Waals surface area (Å²) in [7, 11) is 0. The summed E-state index contributed by atoms with van der Waals surface area (Å²) in [4.78, 5) is 0. The Morgan fingerprint density at radius 3 is 1.75 bits per heavy atom. The third-order valence-electron chi connectivity index (χ3n) is 21.0. The largest absolute Gasteiger partial charge is 0.394 e. The molecule has 15 N–H and O–H groups in total. The molecule has 23 nitrogen and oxygen atoms in total. The fourth-order valence-electron chi connectivity index (χ4n) is 16.1. The van der Waals surface area contributed by atoms with Gasteiger partial charge in [0.15, 0.2) is 25.2 Å². The van der Waals surface area contributed by atoms with E-state index in [-0.39, 0.29) is 30.1 Å². The number of hydrogen-bond acceptors (Lipinski definition) is 23. The molecule has 8 fully saturated rings. The maximum absolute atomic E-state index is 12.8. The van der Waals surface area contributed by atoms with E-state index in [4.69, 9.17) is 37.9 Å². The summed E-state index contributed by atoms with van der Waals surface area (Å²) < 4.78 is 48.9. The van der Waals surface area contributed by atoms with Gasteiger partial charge in [-0.3, -0.25) is 0 Å². The van der Waals surface area contributed by atoms with Gasteiger partial charge in [0.25, 0.3) is 0 Å². The lowest BCUT2D eigenvalue weighted by Gasteiger charge is -2.71. The van der Waals surface area contributed by atoms with Gasteiger partial charge in [-0.2, -0.15) is 0 Å². The van der Waals surface area contributed by atoms with Crippen molar-refractivity contribution in [1.29, 1.82) is 0 Å². The average Bonchev–Trinajstić information content (AvgIpc) is 4.05. The maximum atomic E-state index is 12.8. The van der Waals surface area contributed by atoms with Gasteiger partial charge >= 0.3 is 0 Å². The van der Waals surface area contributed by atoms with Gasteiger partial charge in [0.05, 0.1) is 49.8 Å². The molecule has 4 aliphatic carbocycles. The third-order valence-corrected chi connectivity index (χ3v) is 21.0. The Hall–Kier alpha value is -1.18. The number of aliphatic hydroxyl groups is 15. The van der Waals surface area contributed by atoms with Crippen LogP contribution < -0.4 is 0 Å². The first-order valence-electron chi connectivity index (χ1n) is 27.9. The van der Waals surface area contributed by atoms with Crippen molar-refractivity contribution < 1.29 is 114 Å². The molecule has 23 heteroatoms. The van der Waals surface area contributed by atoms with Crippen molar-refractivity contribution in [2.45, 2.75) is 260 Å². The lowest BCUT2D eigenvalue weighted by Crippen LogP contribution is -2.70. The Balaban J connectivity index is 1.03. The van der Waals surface area contributed by atoms with E-state index in [1.165, 1.54) is 6.92 Å². The van der Waals surface area contributed by atoms with Gasteiger partial charge in [0.2, 0.25) is 0 Å². The van der Waals surface area contributed by atoms with Crippen molar-refractivity contribution in [2.75, 3.05) is 19.8 Å². The van der Waals surface area contributed by atoms with E-state index in [1.54, 1.807) is 0 Å². The molecule has 0 aromatic rings. The van der Waals surface area contributed by atoms with Crippen molar-refractivity contribution in [2.24, 2.45) is 45.3 Å². The summed E-state index contributed by atoms with van der Waals surface area (Å²) >= 11 is 0. The second-order valence-corrected chi connectivity index (χ2v) is 25.8. The molecular formula is C54H92O23. The highest BCUT2D eigenvalue weighted by atomic mass is 16.8. The minimum absolute atomic E-state index is 0.0611. The number of aliphatic hydroxyl groups excluding tert-OH is 15. The summed E-state index contributed by atoms with van der Waals surface area (Å²) in [5.41, 5.74) is -2.54. The monoisotopic (exact) mass is 1110 g/mol. The third kappa shape index (κ3) is 10.7. The van der Waals surface area contributed by atoms with E-state index >= 15 is 0 Å². The minimum atomic E-state index is -1.86. The van der Waals surface area contributed by atoms with Gasteiger partial charge in [0.1, 0.15) is 91.6 Å². The molecule has 0 radical (unpaired) electrons. The van der Waals surface area contributed by atoms with Gasteiger partial charge < -0.3 is 114 Å². The highest BCUT2D eigenvalue weighted by Gasteiger charge is 2.74. The number of rotatable bonds is 15. The van der Waals surface area contributed by atoms with Crippen LogP contribution in [0.15, 0.2) is 11.6 Å². The fourth-order valence-corrected chi connectivity index (χ4v) is 16.1. The van der Waals surface area contributed by atoms with Crippen LogP contribution in [0.5, 0.6) is 0 Å². The number of fused-ring (bicyclic) bond motifs is 5. The van der Waals surface area contributed by atoms with Crippen LogP contribution in [0, 0.1) is 45.3 Å². The van der Waals surface area contributed by atoms with Crippen LogP contribution in [-0.4, -0.2) is 243 Å². The number of hydrogen-bond donors (Lipinski definition) is 15. The zero-order valence-corrected chi connectivity index (χ0v) is 45.9. The predicted octanol–water partition coefficient (Wildman–Crippen LogP) is -2.20. The molecule has 4 aliphatic heterocycles. The van der Waals surface area contributed by atoms with Crippen LogP contribution >= 0.6 is 0 Å². The Morgan fingerprint density at radius 1 is 0.584 bits per heavy atom. The van der Waals surface area contributed by atoms with Crippen LogP contribution in [0.1, 0.15) is 114 Å². The Labute approximate surface area is 450 Å². The van der Waals surface area contributed by atoms with Crippen molar-refractivity contribution in [3.05, 3.63) is 11.6 Å². The molecule has 0 bridgehead atoms. The average molecular weight is 1110 g/mol. The van der Waals surface area contributed by atoms with Crippen molar-refractivity contribution in [3.63, 3.8) is 0 Å². The van der Waals surface area contributed by atoms with Crippen molar-refractivity contribution in [3.8, 4) is 0 Å². The van der Waals surface area contributed by atoms with Gasteiger partial charge in [-0.25, -0.2) is 0 Å². The molecule has 77 heavy (non-hydrogen) atoms. The standard InChI is InChI=1S/C54H92O23/c1-22(2)11-10-14-53(8,77-48-44(69)40(65)37(62)28(74-48)21-70-46-42(67)38(63)34(59)23(3)71-46)24-12-15-52(7)33(24)25(57)17-30-51(52,6)16-13-29-50(4,5)32(18-31(58)54(29,30)9)75-49-45(41(66)36(61)27(20-56)73-49)76-47-43(68)39(64)35(60)26(19-55)72-47/h11,23-49,55-69H,10,12-21H2,1-9H3/t23-,24-,25+,26+,27-,28-,29-,30-,31-,32-,33+,34+,35-,36-,37-,38-,39-,40+,41-,42-,43+,44-,45+,46-,47+,48-,49+,51-,52+,53-,54-/m0/s1. The van der Waals surface area contributed by atoms with E-state index < -0.39 is 188 Å². The molecule has 0 amide bonds. The molecule has 0 unspecified atom stereocenters. The Morgan fingerprint density at radius 2 is 1.13 bits per heavy atom. The molecule has 0 aromatic carbocycles. The Bertz CT molecular complexity index is 2010. The fraction of sp³-hybridized carbons (Fsp3) is 0.963. The zero-order valence-electron chi connectivity index (χ0n) is 45.9. The Kier molecular flexibility index (Phi) is 18.6. The molecule has 8 rings (SSSR count). The predicted molar refractivity (Wildman–Crippen MR) is 266 cm³/mol. The number of allylic oxidation sites excluding steroid dienone is 2. The smallest absolute Gasteiger partial charge is 0.187 e. The SMILES string of the molecule is CC(C)=CCC[C@](C)(O[C@@H]1O[C@@H](CO[C@H]2O[C@@H](C)[C@@H](O)[C@H](O)[C@@H]2O)[C@H](O)[C@@H](O)[C@@H]1O)[C@H]1CC[C@]2(C)[C@H]1[C@H](O)C[C@@H]1[C@@]3(C)[C@@H](O)C[C@H](O[C@H]4O[C@@H](CO)[C@H](O)[C@H](O)[C@H]4O[C@H]4O[C@H](CO)[C@H](O)[C@H](O)[C@H]4O)C(C)(C)[C@@H]3CC[C@@]12C. The lowest BCUT2D eigenvalue weighted by atomic mass is 9.34. The quantitative estimate of drug-likeness (QED) is 0.0611. The normalized spacial score (nSPS) is 53.6. The summed E-state index contributed by atoms with van der Waals surface area (Å²) in [6.45, 7) is 16.1. The summed E-state index contributed by atoms with van der Waals surface area (Å²) in [6, 6.07) is 0. The van der Waals surface area contributed by atoms with Gasteiger partial charge in [-0.15, -0.1) is 0 Å². The van der Waals surface area contributed by atoms with Crippen LogP contribution in [-0.2, 0) is 37.9 Å². The van der Waals surface area contributed by atoms with Crippen LogP contribution in [0.3, 0.4) is 0 Å². The molecule has 4 saturated heterocycles. The van der Waals surface area contributed by atoms with E-state index in [1.807, 2.05) is 34.6 Å². The topological polar surface area (TPSA) is 377 Å². The first-order chi connectivity index (χ1) is 35.9. The van der Waals surface area contributed by atoms with Crippen LogP contribution in [0.25, 0.3) is 0 Å². The summed E-state index contributed by atoms with van der Waals surface area (Å²) in [5.74, 6) is -1.11. The molecular weight excluding hydrogens is 1020 g/mol.